The first-order valence-corrected chi connectivity index (χ1v) is 4.78. The lowest BCUT2D eigenvalue weighted by Gasteiger charge is -1.89. The fourth-order valence-electron chi connectivity index (χ4n) is 0.582. The normalized spacial score (nSPS) is 10.8. The summed E-state index contributed by atoms with van der Waals surface area (Å²) in [7, 11) is -1.97. The zero-order valence-electron chi connectivity index (χ0n) is 6.78. The van der Waals surface area contributed by atoms with E-state index in [2.05, 4.69) is 18.0 Å². The fourth-order valence-corrected chi connectivity index (χ4v) is 1.04. The average molecular weight is 177 g/mol. The maximum Gasteiger partial charge on any atom is 0.749 e. The minimum atomic E-state index is -1.97. The van der Waals surface area contributed by atoms with Crippen molar-refractivity contribution in [1.82, 2.24) is 0 Å². The lowest BCUT2D eigenvalue weighted by atomic mass is 10.3. The third-order valence-corrected chi connectivity index (χ3v) is 1.82. The van der Waals surface area contributed by atoms with E-state index in [0.717, 1.165) is 25.5 Å². The topological polar surface area (TPSA) is 35.5 Å². The van der Waals surface area contributed by atoms with Gasteiger partial charge < -0.3 is 0 Å². The molecule has 0 aromatic heterocycles. The van der Waals surface area contributed by atoms with Crippen LogP contribution < -0.4 is 0 Å². The lowest BCUT2D eigenvalue weighted by Crippen LogP contribution is -1.86. The molecule has 0 heterocycles. The molecule has 0 spiro atoms. The summed E-state index contributed by atoms with van der Waals surface area (Å²) in [5.74, 6) is 0. The second-order valence-electron chi connectivity index (χ2n) is 2.04. The first kappa shape index (κ1) is 10.6. The molecule has 0 aliphatic rings. The molecule has 0 aromatic rings. The van der Waals surface area contributed by atoms with Gasteiger partial charge in [-0.2, -0.15) is 0 Å². The van der Waals surface area contributed by atoms with Crippen molar-refractivity contribution in [2.45, 2.75) is 26.2 Å². The summed E-state index contributed by atoms with van der Waals surface area (Å²) < 4.78 is 19.9. The predicted molar refractivity (Wildman–Crippen MR) is 44.4 cm³/mol. The van der Waals surface area contributed by atoms with E-state index < -0.39 is 8.25 Å². The van der Waals surface area contributed by atoms with Crippen LogP contribution >= 0.6 is 8.25 Å². The maximum absolute atomic E-state index is 10.6. The number of hydrogen-bond donors (Lipinski definition) is 0. The van der Waals surface area contributed by atoms with Crippen molar-refractivity contribution < 1.29 is 13.6 Å². The summed E-state index contributed by atoms with van der Waals surface area (Å²) in [5, 5.41) is 0. The maximum atomic E-state index is 10.6. The second-order valence-corrected chi connectivity index (χ2v) is 2.95. The van der Waals surface area contributed by atoms with E-state index >= 15 is 0 Å². The second kappa shape index (κ2) is 7.70. The van der Waals surface area contributed by atoms with Gasteiger partial charge in [0.05, 0.1) is 0 Å². The summed E-state index contributed by atoms with van der Waals surface area (Å²) in [5.41, 5.74) is 0. The largest absolute Gasteiger partial charge is 0.749 e. The van der Waals surface area contributed by atoms with Gasteiger partial charge in [0.1, 0.15) is 12.9 Å². The van der Waals surface area contributed by atoms with E-state index in [0.29, 0.717) is 6.61 Å². The molecule has 11 heavy (non-hydrogen) atoms. The van der Waals surface area contributed by atoms with Crippen molar-refractivity contribution in [2.75, 3.05) is 6.61 Å². The average Bonchev–Trinajstić information content (AvgIpc) is 1.99. The van der Waals surface area contributed by atoms with Gasteiger partial charge in [0, 0.05) is 4.57 Å². The van der Waals surface area contributed by atoms with E-state index in [1.54, 1.807) is 0 Å². The van der Waals surface area contributed by atoms with Crippen LogP contribution in [-0.4, -0.2) is 6.61 Å². The van der Waals surface area contributed by atoms with Crippen LogP contribution in [0.2, 0.25) is 0 Å². The van der Waals surface area contributed by atoms with Gasteiger partial charge in [0.2, 0.25) is 0 Å². The van der Waals surface area contributed by atoms with Gasteiger partial charge in [-0.05, 0) is 6.42 Å². The Morgan fingerprint density at radius 3 is 2.82 bits per heavy atom. The monoisotopic (exact) mass is 177 g/mol. The number of hydrogen-bond acceptors (Lipinski definition) is 3. The standard InChI is InChI=1S/C7H14O3P/c1-3-5-6-7-10-11(8)9-4-2/h4H,2-3,5-7H2,1H3/q+1. The summed E-state index contributed by atoms with van der Waals surface area (Å²) in [6.45, 7) is 5.85. The van der Waals surface area contributed by atoms with Crippen LogP contribution in [0.4, 0.5) is 0 Å². The van der Waals surface area contributed by atoms with Crippen LogP contribution in [0.15, 0.2) is 12.8 Å². The minimum absolute atomic E-state index is 0.497. The minimum Gasteiger partial charge on any atom is -0.238 e. The van der Waals surface area contributed by atoms with Gasteiger partial charge in [-0.25, -0.2) is 4.52 Å². The van der Waals surface area contributed by atoms with Gasteiger partial charge >= 0.3 is 8.25 Å². The molecule has 1 atom stereocenters. The number of unbranched alkanes of at least 4 members (excludes halogenated alkanes) is 2. The molecule has 0 N–H and O–H groups in total. The highest BCUT2D eigenvalue weighted by Gasteiger charge is 2.17. The number of rotatable bonds is 7. The zero-order chi connectivity index (χ0) is 8.53. The van der Waals surface area contributed by atoms with Gasteiger partial charge in [-0.3, -0.25) is 0 Å². The summed E-state index contributed by atoms with van der Waals surface area (Å²) in [6.07, 6.45) is 4.27. The molecular weight excluding hydrogens is 163 g/mol. The van der Waals surface area contributed by atoms with Crippen molar-refractivity contribution in [3.05, 3.63) is 12.8 Å². The highest BCUT2D eigenvalue weighted by molar-refractivity contribution is 7.33. The molecule has 3 nitrogen and oxygen atoms in total. The van der Waals surface area contributed by atoms with Crippen molar-refractivity contribution in [1.29, 1.82) is 0 Å². The molecule has 0 rings (SSSR count). The van der Waals surface area contributed by atoms with Gasteiger partial charge in [0.25, 0.3) is 0 Å². The Bertz CT molecular complexity index is 125. The molecule has 0 amide bonds. The summed E-state index contributed by atoms with van der Waals surface area (Å²) in [4.78, 5) is 0. The molecule has 0 saturated carbocycles. The third kappa shape index (κ3) is 7.50. The van der Waals surface area contributed by atoms with Crippen LogP contribution in [-0.2, 0) is 13.6 Å². The van der Waals surface area contributed by atoms with E-state index in [-0.39, 0.29) is 0 Å². The third-order valence-electron chi connectivity index (χ3n) is 1.11. The Morgan fingerprint density at radius 2 is 2.27 bits per heavy atom. The van der Waals surface area contributed by atoms with Crippen molar-refractivity contribution in [2.24, 2.45) is 0 Å². The van der Waals surface area contributed by atoms with Crippen LogP contribution in [0.5, 0.6) is 0 Å². The first-order valence-electron chi connectivity index (χ1n) is 3.69. The van der Waals surface area contributed by atoms with Gasteiger partial charge in [0.15, 0.2) is 0 Å². The molecule has 0 fully saturated rings. The fraction of sp³-hybridized carbons (Fsp3) is 0.714. The molecule has 0 bridgehead atoms. The van der Waals surface area contributed by atoms with E-state index in [4.69, 9.17) is 4.52 Å². The molecule has 64 valence electrons. The van der Waals surface area contributed by atoms with Crippen LogP contribution in [0.1, 0.15) is 26.2 Å². The smallest absolute Gasteiger partial charge is 0.238 e. The van der Waals surface area contributed by atoms with E-state index in [9.17, 15) is 4.57 Å². The van der Waals surface area contributed by atoms with Gasteiger partial charge in [-0.1, -0.05) is 26.3 Å². The molecule has 0 aromatic carbocycles. The molecule has 4 heteroatoms. The van der Waals surface area contributed by atoms with Crippen molar-refractivity contribution in [3.8, 4) is 0 Å². The Kier molecular flexibility index (Phi) is 7.42. The van der Waals surface area contributed by atoms with Crippen LogP contribution in [0, 0.1) is 0 Å². The van der Waals surface area contributed by atoms with E-state index in [1.807, 2.05) is 0 Å². The summed E-state index contributed by atoms with van der Waals surface area (Å²) >= 11 is 0. The van der Waals surface area contributed by atoms with Crippen molar-refractivity contribution >= 4 is 8.25 Å². The molecule has 0 aliphatic carbocycles. The van der Waals surface area contributed by atoms with Crippen LogP contribution in [0.3, 0.4) is 0 Å². The highest BCUT2D eigenvalue weighted by Crippen LogP contribution is 2.23. The van der Waals surface area contributed by atoms with Crippen LogP contribution in [0.25, 0.3) is 0 Å². The van der Waals surface area contributed by atoms with Crippen molar-refractivity contribution in [3.63, 3.8) is 0 Å². The molecule has 0 radical (unpaired) electrons. The highest BCUT2D eigenvalue weighted by atomic mass is 31.1. The molecular formula is C7H14O3P+. The molecule has 0 saturated heterocycles. The quantitative estimate of drug-likeness (QED) is 0.340. The Morgan fingerprint density at radius 1 is 1.55 bits per heavy atom. The first-order chi connectivity index (χ1) is 5.31. The SMILES string of the molecule is C=CO[P+](=O)OCCCCC. The zero-order valence-corrected chi connectivity index (χ0v) is 7.68. The lowest BCUT2D eigenvalue weighted by molar-refractivity contribution is 0.265. The Hall–Kier alpha value is -0.400. The van der Waals surface area contributed by atoms with E-state index in [1.165, 1.54) is 0 Å². The Balaban J connectivity index is 3.10. The van der Waals surface area contributed by atoms with Gasteiger partial charge in [-0.15, -0.1) is 4.52 Å². The predicted octanol–water partition coefficient (Wildman–Crippen LogP) is 3.01. The molecule has 1 unspecified atom stereocenters. The Labute approximate surface area is 68.3 Å². The summed E-state index contributed by atoms with van der Waals surface area (Å²) in [6, 6.07) is 0. The molecule has 0 aliphatic heterocycles.